The molecular formula is C14H12N2O8. The minimum atomic E-state index is -1.18. The van der Waals surface area contributed by atoms with E-state index < -0.39 is 59.6 Å². The fourth-order valence-corrected chi connectivity index (χ4v) is 2.22. The van der Waals surface area contributed by atoms with E-state index in [1.165, 1.54) is 0 Å². The van der Waals surface area contributed by atoms with E-state index in [-0.39, 0.29) is 11.1 Å². The van der Waals surface area contributed by atoms with Crippen molar-refractivity contribution < 1.29 is 38.9 Å². The zero-order valence-electron chi connectivity index (χ0n) is 12.1. The van der Waals surface area contributed by atoms with Crippen molar-refractivity contribution in [1.29, 1.82) is 0 Å². The van der Waals surface area contributed by atoms with Gasteiger partial charge in [0.25, 0.3) is 0 Å². The number of phenols is 2. The molecule has 1 aliphatic carbocycles. The standard InChI is InChI=1S/C14H12N2O8/c15-13(21)23-3-5-6(4-24-14(16)22)12(20)10-8(18)2-1-7(17)9(10)11(5)19/h1-2,19-20H,3-4H2,(H2,15,21)(H2,16,22). The Bertz CT molecular complexity index is 732. The van der Waals surface area contributed by atoms with E-state index in [1.54, 1.807) is 0 Å². The zero-order chi connectivity index (χ0) is 18.0. The van der Waals surface area contributed by atoms with Gasteiger partial charge in [-0.15, -0.1) is 0 Å². The first-order chi connectivity index (χ1) is 11.2. The van der Waals surface area contributed by atoms with Gasteiger partial charge in [0.05, 0.1) is 11.1 Å². The zero-order valence-corrected chi connectivity index (χ0v) is 12.1. The van der Waals surface area contributed by atoms with Crippen molar-refractivity contribution in [3.05, 3.63) is 34.4 Å². The Morgan fingerprint density at radius 3 is 1.46 bits per heavy atom. The highest BCUT2D eigenvalue weighted by Gasteiger charge is 2.32. The van der Waals surface area contributed by atoms with E-state index in [1.807, 2.05) is 0 Å². The van der Waals surface area contributed by atoms with Crippen LogP contribution < -0.4 is 11.5 Å². The van der Waals surface area contributed by atoms with Crippen LogP contribution in [0.4, 0.5) is 9.59 Å². The highest BCUT2D eigenvalue weighted by molar-refractivity contribution is 6.24. The number of amides is 2. The van der Waals surface area contributed by atoms with Gasteiger partial charge in [-0.25, -0.2) is 9.59 Å². The molecule has 24 heavy (non-hydrogen) atoms. The Morgan fingerprint density at radius 2 is 1.17 bits per heavy atom. The molecule has 0 radical (unpaired) electrons. The molecule has 0 aliphatic heterocycles. The molecule has 10 nitrogen and oxygen atoms in total. The lowest BCUT2D eigenvalue weighted by Crippen LogP contribution is -2.19. The number of carbonyl (C=O) groups excluding carboxylic acids is 4. The Kier molecular flexibility index (Phi) is 4.40. The monoisotopic (exact) mass is 336 g/mol. The second-order valence-electron chi connectivity index (χ2n) is 4.68. The molecule has 1 aromatic rings. The summed E-state index contributed by atoms with van der Waals surface area (Å²) in [5, 5.41) is 20.6. The van der Waals surface area contributed by atoms with E-state index in [0.29, 0.717) is 0 Å². The van der Waals surface area contributed by atoms with Gasteiger partial charge in [0, 0.05) is 11.1 Å². The quantitative estimate of drug-likeness (QED) is 0.563. The summed E-state index contributed by atoms with van der Waals surface area (Å²) in [5.41, 5.74) is 8.29. The largest absolute Gasteiger partial charge is 0.507 e. The molecule has 0 atom stereocenters. The Hall–Kier alpha value is -3.56. The molecule has 2 amide bonds. The number of benzene rings is 1. The Balaban J connectivity index is 2.67. The van der Waals surface area contributed by atoms with E-state index in [9.17, 15) is 29.4 Å². The van der Waals surface area contributed by atoms with Crippen molar-refractivity contribution in [2.45, 2.75) is 13.2 Å². The number of ketones is 2. The predicted octanol–water partition coefficient (Wildman–Crippen LogP) is 0.224. The third kappa shape index (κ3) is 2.97. The third-order valence-corrected chi connectivity index (χ3v) is 3.26. The lowest BCUT2D eigenvalue weighted by molar-refractivity contribution is 0.0987. The lowest BCUT2D eigenvalue weighted by atomic mass is 9.88. The van der Waals surface area contributed by atoms with Crippen molar-refractivity contribution in [3.63, 3.8) is 0 Å². The average molecular weight is 336 g/mol. The second kappa shape index (κ2) is 6.28. The van der Waals surface area contributed by atoms with Gasteiger partial charge in [0.1, 0.15) is 24.7 Å². The SMILES string of the molecule is NC(=O)OCc1c(O)c2c(c(O)c1COC(N)=O)C(=O)C=CC2=O. The molecule has 0 saturated carbocycles. The average Bonchev–Trinajstić information content (AvgIpc) is 2.50. The van der Waals surface area contributed by atoms with Crippen molar-refractivity contribution >= 4 is 23.8 Å². The van der Waals surface area contributed by atoms with Crippen LogP contribution in [0.15, 0.2) is 12.2 Å². The van der Waals surface area contributed by atoms with Gasteiger partial charge in [-0.2, -0.15) is 0 Å². The van der Waals surface area contributed by atoms with Gasteiger partial charge >= 0.3 is 12.2 Å². The van der Waals surface area contributed by atoms with Gasteiger partial charge in [-0.05, 0) is 12.2 Å². The molecule has 0 fully saturated rings. The molecule has 0 aromatic heterocycles. The number of aromatic hydroxyl groups is 2. The number of fused-ring (bicyclic) bond motifs is 1. The number of rotatable bonds is 4. The maximum Gasteiger partial charge on any atom is 0.404 e. The van der Waals surface area contributed by atoms with Gasteiger partial charge < -0.3 is 31.2 Å². The molecule has 0 saturated heterocycles. The summed E-state index contributed by atoms with van der Waals surface area (Å²) < 4.78 is 9.09. The summed E-state index contributed by atoms with van der Waals surface area (Å²) in [6.45, 7) is -1.27. The van der Waals surface area contributed by atoms with Crippen molar-refractivity contribution in [3.8, 4) is 11.5 Å². The van der Waals surface area contributed by atoms with Gasteiger partial charge in [-0.1, -0.05) is 0 Å². The highest BCUT2D eigenvalue weighted by Crippen LogP contribution is 2.40. The van der Waals surface area contributed by atoms with Crippen LogP contribution in [0.25, 0.3) is 0 Å². The molecule has 0 heterocycles. The summed E-state index contributed by atoms with van der Waals surface area (Å²) in [5.74, 6) is -2.87. The Morgan fingerprint density at radius 1 is 0.833 bits per heavy atom. The fraction of sp³-hybridized carbons (Fsp3) is 0.143. The van der Waals surface area contributed by atoms with Gasteiger partial charge in [0.15, 0.2) is 11.6 Å². The fourth-order valence-electron chi connectivity index (χ4n) is 2.22. The number of phenolic OH excluding ortho intramolecular Hbond substituents is 2. The summed E-state index contributed by atoms with van der Waals surface area (Å²) in [6, 6.07) is 0. The molecule has 126 valence electrons. The molecule has 1 aromatic carbocycles. The minimum Gasteiger partial charge on any atom is -0.507 e. The van der Waals surface area contributed by atoms with E-state index in [2.05, 4.69) is 9.47 Å². The highest BCUT2D eigenvalue weighted by atomic mass is 16.6. The predicted molar refractivity (Wildman–Crippen MR) is 76.3 cm³/mol. The van der Waals surface area contributed by atoms with Crippen LogP contribution >= 0.6 is 0 Å². The van der Waals surface area contributed by atoms with Crippen LogP contribution in [0.5, 0.6) is 11.5 Å². The van der Waals surface area contributed by atoms with Crippen molar-refractivity contribution in [2.75, 3.05) is 0 Å². The normalized spacial score (nSPS) is 12.7. The van der Waals surface area contributed by atoms with Crippen LogP contribution in [0, 0.1) is 0 Å². The van der Waals surface area contributed by atoms with Crippen LogP contribution in [-0.4, -0.2) is 34.0 Å². The first kappa shape index (κ1) is 16.8. The topological polar surface area (TPSA) is 179 Å². The summed E-state index contributed by atoms with van der Waals surface area (Å²) in [4.78, 5) is 45.4. The summed E-state index contributed by atoms with van der Waals surface area (Å²) >= 11 is 0. The van der Waals surface area contributed by atoms with E-state index in [4.69, 9.17) is 11.5 Å². The molecule has 6 N–H and O–H groups in total. The maximum absolute atomic E-state index is 11.9. The first-order valence-electron chi connectivity index (χ1n) is 6.44. The first-order valence-corrected chi connectivity index (χ1v) is 6.44. The number of hydrogen-bond donors (Lipinski definition) is 4. The van der Waals surface area contributed by atoms with Crippen LogP contribution in [0.2, 0.25) is 0 Å². The minimum absolute atomic E-state index is 0.247. The molecule has 0 unspecified atom stereocenters. The molecular weight excluding hydrogens is 324 g/mol. The van der Waals surface area contributed by atoms with Crippen molar-refractivity contribution in [1.82, 2.24) is 0 Å². The van der Waals surface area contributed by atoms with Crippen LogP contribution in [-0.2, 0) is 22.7 Å². The van der Waals surface area contributed by atoms with E-state index in [0.717, 1.165) is 12.2 Å². The maximum atomic E-state index is 11.9. The lowest BCUT2D eigenvalue weighted by Gasteiger charge is -2.20. The molecule has 1 aliphatic rings. The van der Waals surface area contributed by atoms with Crippen molar-refractivity contribution in [2.24, 2.45) is 11.5 Å². The molecule has 0 spiro atoms. The van der Waals surface area contributed by atoms with Crippen LogP contribution in [0.3, 0.4) is 0 Å². The smallest absolute Gasteiger partial charge is 0.404 e. The van der Waals surface area contributed by atoms with Crippen LogP contribution in [0.1, 0.15) is 31.8 Å². The van der Waals surface area contributed by atoms with Gasteiger partial charge in [0.2, 0.25) is 0 Å². The number of carbonyl (C=O) groups is 4. The number of allylic oxidation sites excluding steroid dienone is 2. The molecule has 0 bridgehead atoms. The third-order valence-electron chi connectivity index (χ3n) is 3.26. The molecule has 2 rings (SSSR count). The van der Waals surface area contributed by atoms with E-state index >= 15 is 0 Å². The number of hydrogen-bond acceptors (Lipinski definition) is 8. The van der Waals surface area contributed by atoms with Gasteiger partial charge in [-0.3, -0.25) is 9.59 Å². The number of primary amides is 2. The molecule has 10 heteroatoms. The number of ether oxygens (including phenoxy) is 2. The summed E-state index contributed by atoms with van der Waals surface area (Å²) in [6.07, 6.45) is -0.532. The second-order valence-corrected chi connectivity index (χ2v) is 4.68. The Labute approximate surface area is 134 Å². The summed E-state index contributed by atoms with van der Waals surface area (Å²) in [7, 11) is 0. The number of nitrogens with two attached hydrogens (primary N) is 2.